The van der Waals surface area contributed by atoms with Gasteiger partial charge in [-0.05, 0) is 48.6 Å². The molecule has 3 aromatic carbocycles. The van der Waals surface area contributed by atoms with Crippen molar-refractivity contribution in [1.29, 1.82) is 0 Å². The summed E-state index contributed by atoms with van der Waals surface area (Å²) in [6, 6.07) is 6.84. The fourth-order valence-corrected chi connectivity index (χ4v) is 7.55. The molecule has 1 heterocycles. The van der Waals surface area contributed by atoms with Crippen molar-refractivity contribution in [3.8, 4) is 11.1 Å². The van der Waals surface area contributed by atoms with Crippen LogP contribution in [0.15, 0.2) is 47.4 Å². The van der Waals surface area contributed by atoms with Gasteiger partial charge in [0, 0.05) is 43.0 Å². The van der Waals surface area contributed by atoms with E-state index in [1.54, 1.807) is 0 Å². The number of hydrogen-bond donors (Lipinski definition) is 1. The van der Waals surface area contributed by atoms with Gasteiger partial charge in [-0.3, -0.25) is 0 Å². The van der Waals surface area contributed by atoms with Gasteiger partial charge in [0.2, 0.25) is 10.0 Å². The van der Waals surface area contributed by atoms with E-state index in [9.17, 15) is 35.9 Å². The van der Waals surface area contributed by atoms with Gasteiger partial charge in [-0.1, -0.05) is 36.9 Å². The molecular weight excluding hydrogens is 572 g/mol. The van der Waals surface area contributed by atoms with E-state index in [1.807, 2.05) is 0 Å². The summed E-state index contributed by atoms with van der Waals surface area (Å²) in [5.74, 6) is -7.03. The molecule has 0 unspecified atom stereocenters. The molecule has 2 aliphatic rings. The van der Waals surface area contributed by atoms with Crippen molar-refractivity contribution in [2.24, 2.45) is 5.92 Å². The number of anilines is 2. The maximum Gasteiger partial charge on any atom is 0.338 e. The Balaban J connectivity index is 1.75. The molecule has 0 amide bonds. The normalized spacial score (nSPS) is 19.8. The van der Waals surface area contributed by atoms with Crippen LogP contribution in [0.4, 0.5) is 28.9 Å². The van der Waals surface area contributed by atoms with Crippen molar-refractivity contribution in [2.75, 3.05) is 18.5 Å². The first-order valence-electron chi connectivity index (χ1n) is 12.7. The largest absolute Gasteiger partial charge is 0.478 e. The van der Waals surface area contributed by atoms with Crippen molar-refractivity contribution in [2.45, 2.75) is 43.0 Å². The third-order valence-electron chi connectivity index (χ3n) is 7.82. The average Bonchev–Trinajstić information content (AvgIpc) is 2.99. The molecule has 40 heavy (non-hydrogen) atoms. The summed E-state index contributed by atoms with van der Waals surface area (Å²) in [6.45, 7) is 0.0211. The predicted molar refractivity (Wildman–Crippen MR) is 142 cm³/mol. The second-order valence-corrected chi connectivity index (χ2v) is 12.5. The number of carbonyl (C=O) groups is 1. The first kappa shape index (κ1) is 28.4. The Morgan fingerprint density at radius 3 is 2.23 bits per heavy atom. The molecule has 0 spiro atoms. The summed E-state index contributed by atoms with van der Waals surface area (Å²) < 4.78 is 86.1. The van der Waals surface area contributed by atoms with Crippen LogP contribution < -0.4 is 4.90 Å². The topological polar surface area (TPSA) is 77.9 Å². The van der Waals surface area contributed by atoms with Crippen LogP contribution in [0.5, 0.6) is 0 Å². The number of sulfonamides is 1. The standard InChI is InChI=1S/C28H25ClF4N2O4S/c1-34-25(15-5-3-2-4-6-15)14-35(17-10-22(31)27(33)23(32)11-17)24-13-20(29)18(12-26(24)40(34,38)39)16-7-8-21(30)19(9-16)28(36)37/h7-13,15,25H,2-6,14H2,1H3,(H,36,37)/t25-/m0/s1. The smallest absolute Gasteiger partial charge is 0.338 e. The lowest BCUT2D eigenvalue weighted by Crippen LogP contribution is -2.46. The van der Waals surface area contributed by atoms with Crippen molar-refractivity contribution >= 4 is 39.0 Å². The van der Waals surface area contributed by atoms with Crippen LogP contribution in [0.3, 0.4) is 0 Å². The molecule has 0 saturated heterocycles. The zero-order valence-electron chi connectivity index (χ0n) is 21.3. The molecule has 1 aliphatic heterocycles. The Bertz CT molecular complexity index is 1590. The summed E-state index contributed by atoms with van der Waals surface area (Å²) in [5.41, 5.74) is -0.428. The number of hydrogen-bond acceptors (Lipinski definition) is 4. The number of aromatic carboxylic acids is 1. The van der Waals surface area contributed by atoms with Crippen molar-refractivity contribution < 1.29 is 35.9 Å². The van der Waals surface area contributed by atoms with Gasteiger partial charge < -0.3 is 10.0 Å². The van der Waals surface area contributed by atoms with E-state index in [0.717, 1.165) is 56.4 Å². The highest BCUT2D eigenvalue weighted by atomic mass is 35.5. The molecule has 1 saturated carbocycles. The quantitative estimate of drug-likeness (QED) is 0.260. The van der Waals surface area contributed by atoms with E-state index in [0.29, 0.717) is 0 Å². The number of fused-ring (bicyclic) bond motifs is 1. The summed E-state index contributed by atoms with van der Waals surface area (Å²) >= 11 is 6.59. The average molecular weight is 597 g/mol. The Morgan fingerprint density at radius 2 is 1.60 bits per heavy atom. The molecule has 5 rings (SSSR count). The van der Waals surface area contributed by atoms with Crippen LogP contribution in [0.1, 0.15) is 42.5 Å². The maximum atomic E-state index is 14.4. The van der Waals surface area contributed by atoms with Crippen molar-refractivity contribution in [1.82, 2.24) is 4.31 Å². The van der Waals surface area contributed by atoms with Gasteiger partial charge in [0.15, 0.2) is 17.5 Å². The van der Waals surface area contributed by atoms with Crippen molar-refractivity contribution in [3.05, 3.63) is 76.3 Å². The molecule has 0 radical (unpaired) electrons. The fraction of sp³-hybridized carbons (Fsp3) is 0.321. The van der Waals surface area contributed by atoms with E-state index < -0.39 is 50.9 Å². The molecule has 1 N–H and O–H groups in total. The number of halogens is 5. The lowest BCUT2D eigenvalue weighted by atomic mass is 9.83. The molecule has 1 atom stereocenters. The minimum atomic E-state index is -4.23. The Hall–Kier alpha value is -3.15. The van der Waals surface area contributed by atoms with E-state index in [2.05, 4.69) is 0 Å². The highest BCUT2D eigenvalue weighted by Gasteiger charge is 2.41. The molecule has 12 heteroatoms. The predicted octanol–water partition coefficient (Wildman–Crippen LogP) is 6.98. The molecular formula is C28H25ClF4N2O4S. The molecule has 212 valence electrons. The fourth-order valence-electron chi connectivity index (χ4n) is 5.68. The number of carboxylic acid groups (broad SMARTS) is 1. The minimum absolute atomic E-state index is 0.0104. The lowest BCUT2D eigenvalue weighted by Gasteiger charge is -2.36. The van der Waals surface area contributed by atoms with Crippen molar-refractivity contribution in [3.63, 3.8) is 0 Å². The Kier molecular flexibility index (Phi) is 7.58. The second kappa shape index (κ2) is 10.7. The minimum Gasteiger partial charge on any atom is -0.478 e. The first-order chi connectivity index (χ1) is 18.9. The Morgan fingerprint density at radius 1 is 0.950 bits per heavy atom. The number of carboxylic acids is 1. The third-order valence-corrected chi connectivity index (χ3v) is 10.0. The number of rotatable bonds is 4. The number of likely N-dealkylation sites (N-methyl/N-ethyl adjacent to an activating group) is 1. The zero-order chi connectivity index (χ0) is 28.9. The van der Waals surface area contributed by atoms with Gasteiger partial charge in [-0.15, -0.1) is 0 Å². The molecule has 3 aromatic rings. The third kappa shape index (κ3) is 4.95. The highest BCUT2D eigenvalue weighted by Crippen LogP contribution is 2.45. The SMILES string of the molecule is CN1[C@H](C2CCCCC2)CN(c2cc(F)c(F)c(F)c2)c2cc(Cl)c(-c3ccc(F)c(C(=O)O)c3)cc2S1(=O)=O. The van der Waals surface area contributed by atoms with Gasteiger partial charge >= 0.3 is 5.97 Å². The van der Waals surface area contributed by atoms with E-state index in [4.69, 9.17) is 11.6 Å². The lowest BCUT2D eigenvalue weighted by molar-refractivity contribution is 0.0692. The number of nitrogens with zero attached hydrogens (tertiary/aromatic N) is 2. The van der Waals surface area contributed by atoms with Crippen LogP contribution in [0.25, 0.3) is 11.1 Å². The molecule has 1 fully saturated rings. The molecule has 0 aromatic heterocycles. The van der Waals surface area contributed by atoms with Crippen LogP contribution in [-0.2, 0) is 10.0 Å². The second-order valence-electron chi connectivity index (χ2n) is 10.1. The highest BCUT2D eigenvalue weighted by molar-refractivity contribution is 7.89. The van der Waals surface area contributed by atoms with Crippen LogP contribution in [0, 0.1) is 29.2 Å². The van der Waals surface area contributed by atoms with Gasteiger partial charge in [-0.2, -0.15) is 4.31 Å². The molecule has 1 aliphatic carbocycles. The van der Waals surface area contributed by atoms with E-state index in [1.165, 1.54) is 34.5 Å². The van der Waals surface area contributed by atoms with E-state index in [-0.39, 0.29) is 44.9 Å². The van der Waals surface area contributed by atoms with Gasteiger partial charge in [-0.25, -0.2) is 30.8 Å². The first-order valence-corrected chi connectivity index (χ1v) is 14.5. The van der Waals surface area contributed by atoms with Gasteiger partial charge in [0.05, 0.1) is 16.3 Å². The maximum absolute atomic E-state index is 14.4. The van der Waals surface area contributed by atoms with Crippen LogP contribution >= 0.6 is 11.6 Å². The zero-order valence-corrected chi connectivity index (χ0v) is 22.9. The van der Waals surface area contributed by atoms with Gasteiger partial charge in [0.1, 0.15) is 10.7 Å². The summed E-state index contributed by atoms with van der Waals surface area (Å²) in [7, 11) is -2.78. The number of benzene rings is 3. The van der Waals surface area contributed by atoms with Crippen LogP contribution in [-0.4, -0.2) is 43.4 Å². The Labute approximate surface area is 233 Å². The van der Waals surface area contributed by atoms with Crippen LogP contribution in [0.2, 0.25) is 5.02 Å². The van der Waals surface area contributed by atoms with Gasteiger partial charge in [0.25, 0.3) is 0 Å². The molecule has 0 bridgehead atoms. The van der Waals surface area contributed by atoms with E-state index >= 15 is 0 Å². The summed E-state index contributed by atoms with van der Waals surface area (Å²) in [5, 5.41) is 9.35. The summed E-state index contributed by atoms with van der Waals surface area (Å²) in [4.78, 5) is 12.7. The monoisotopic (exact) mass is 596 g/mol. The summed E-state index contributed by atoms with van der Waals surface area (Å²) in [6.07, 6.45) is 4.37. The molecule has 6 nitrogen and oxygen atoms in total.